The van der Waals surface area contributed by atoms with Crippen molar-refractivity contribution in [2.75, 3.05) is 37.8 Å². The van der Waals surface area contributed by atoms with Crippen LogP contribution < -0.4 is 9.64 Å². The molecule has 7 nitrogen and oxygen atoms in total. The van der Waals surface area contributed by atoms with E-state index in [1.165, 1.54) is 0 Å². The second-order valence-corrected chi connectivity index (χ2v) is 5.54. The molecule has 124 valence electrons. The van der Waals surface area contributed by atoms with Crippen molar-refractivity contribution in [2.45, 2.75) is 6.92 Å². The molecule has 0 radical (unpaired) electrons. The average molecular weight is 325 g/mol. The van der Waals surface area contributed by atoms with Crippen LogP contribution in [0, 0.1) is 0 Å². The molecule has 24 heavy (non-hydrogen) atoms. The molecule has 3 aromatic rings. The molecule has 1 N–H and O–H groups in total. The number of nitrogens with one attached hydrogen (secondary N) is 1. The summed E-state index contributed by atoms with van der Waals surface area (Å²) in [6.07, 6.45) is 3.49. The summed E-state index contributed by atoms with van der Waals surface area (Å²) in [6.45, 7) is 5.66. The average Bonchev–Trinajstić information content (AvgIpc) is 3.16. The van der Waals surface area contributed by atoms with Crippen molar-refractivity contribution in [2.24, 2.45) is 0 Å². The van der Waals surface area contributed by atoms with Crippen molar-refractivity contribution in [3.05, 3.63) is 30.6 Å². The Morgan fingerprint density at radius 2 is 2.12 bits per heavy atom. The lowest BCUT2D eigenvalue weighted by Gasteiger charge is -2.28. The predicted octanol–water partition coefficient (Wildman–Crippen LogP) is 2.26. The van der Waals surface area contributed by atoms with E-state index in [4.69, 9.17) is 14.5 Å². The summed E-state index contributed by atoms with van der Waals surface area (Å²) in [5, 5.41) is 7.95. The first kappa shape index (κ1) is 14.9. The minimum absolute atomic E-state index is 0.601. The molecule has 0 aliphatic carbocycles. The number of ether oxygens (including phenoxy) is 2. The van der Waals surface area contributed by atoms with Crippen LogP contribution in [0.2, 0.25) is 0 Å². The van der Waals surface area contributed by atoms with Crippen LogP contribution in [0.5, 0.6) is 5.75 Å². The first-order valence-corrected chi connectivity index (χ1v) is 8.12. The van der Waals surface area contributed by atoms with Crippen LogP contribution in [0.3, 0.4) is 0 Å². The monoisotopic (exact) mass is 325 g/mol. The molecule has 4 rings (SSSR count). The van der Waals surface area contributed by atoms with E-state index in [0.29, 0.717) is 19.8 Å². The topological polar surface area (TPSA) is 76.2 Å². The number of anilines is 1. The summed E-state index contributed by atoms with van der Waals surface area (Å²) in [7, 11) is 0. The number of H-pyrrole nitrogens is 1. The molecule has 3 aromatic heterocycles. The molecule has 1 aliphatic heterocycles. The molecule has 0 saturated carbocycles. The largest absolute Gasteiger partial charge is 0.493 e. The fourth-order valence-corrected chi connectivity index (χ4v) is 2.92. The lowest BCUT2D eigenvalue weighted by molar-refractivity contribution is 0.122. The number of hydrogen-bond donors (Lipinski definition) is 1. The van der Waals surface area contributed by atoms with Gasteiger partial charge >= 0.3 is 0 Å². The molecule has 0 atom stereocenters. The summed E-state index contributed by atoms with van der Waals surface area (Å²) in [5.74, 6) is 1.72. The lowest BCUT2D eigenvalue weighted by Crippen LogP contribution is -2.36. The van der Waals surface area contributed by atoms with Gasteiger partial charge in [0, 0.05) is 36.9 Å². The van der Waals surface area contributed by atoms with Gasteiger partial charge in [-0.2, -0.15) is 5.10 Å². The molecule has 0 bridgehead atoms. The zero-order chi connectivity index (χ0) is 16.4. The highest BCUT2D eigenvalue weighted by atomic mass is 16.5. The number of fused-ring (bicyclic) bond motifs is 1. The molecule has 1 aliphatic rings. The van der Waals surface area contributed by atoms with E-state index in [1.54, 1.807) is 12.4 Å². The number of aromatic nitrogens is 4. The van der Waals surface area contributed by atoms with Crippen molar-refractivity contribution >= 4 is 16.7 Å². The summed E-state index contributed by atoms with van der Waals surface area (Å²) >= 11 is 0. The summed E-state index contributed by atoms with van der Waals surface area (Å²) in [4.78, 5) is 11.6. The normalized spacial score (nSPS) is 15.0. The third-order valence-electron chi connectivity index (χ3n) is 4.07. The molecular weight excluding hydrogens is 306 g/mol. The van der Waals surface area contributed by atoms with Crippen LogP contribution >= 0.6 is 0 Å². The van der Waals surface area contributed by atoms with Crippen LogP contribution in [0.1, 0.15) is 6.92 Å². The van der Waals surface area contributed by atoms with Gasteiger partial charge in [0.05, 0.1) is 25.5 Å². The zero-order valence-electron chi connectivity index (χ0n) is 13.5. The first-order valence-electron chi connectivity index (χ1n) is 8.12. The Hall–Kier alpha value is -2.67. The minimum Gasteiger partial charge on any atom is -0.493 e. The lowest BCUT2D eigenvalue weighted by atomic mass is 10.1. The molecular formula is C17H19N5O2. The van der Waals surface area contributed by atoms with Crippen LogP contribution in [0.25, 0.3) is 22.3 Å². The van der Waals surface area contributed by atoms with Crippen molar-refractivity contribution in [3.8, 4) is 17.1 Å². The predicted molar refractivity (Wildman–Crippen MR) is 91.3 cm³/mol. The summed E-state index contributed by atoms with van der Waals surface area (Å²) in [5.41, 5.74) is 2.44. The Balaban J connectivity index is 1.90. The summed E-state index contributed by atoms with van der Waals surface area (Å²) < 4.78 is 11.3. The highest BCUT2D eigenvalue weighted by Gasteiger charge is 2.18. The van der Waals surface area contributed by atoms with E-state index < -0.39 is 0 Å². The molecule has 1 fully saturated rings. The van der Waals surface area contributed by atoms with Crippen LogP contribution in [0.4, 0.5) is 5.82 Å². The quantitative estimate of drug-likeness (QED) is 0.793. The van der Waals surface area contributed by atoms with Gasteiger partial charge in [-0.05, 0) is 19.1 Å². The van der Waals surface area contributed by atoms with E-state index in [0.717, 1.165) is 46.9 Å². The van der Waals surface area contributed by atoms with E-state index in [2.05, 4.69) is 20.1 Å². The number of pyridine rings is 2. The number of hydrogen-bond acceptors (Lipinski definition) is 6. The van der Waals surface area contributed by atoms with Crippen molar-refractivity contribution in [1.82, 2.24) is 20.2 Å². The highest BCUT2D eigenvalue weighted by molar-refractivity contribution is 5.95. The molecule has 4 heterocycles. The second-order valence-electron chi connectivity index (χ2n) is 5.54. The molecule has 7 heteroatoms. The molecule has 0 spiro atoms. The second kappa shape index (κ2) is 6.45. The van der Waals surface area contributed by atoms with Crippen molar-refractivity contribution in [3.63, 3.8) is 0 Å². The van der Waals surface area contributed by atoms with Gasteiger partial charge in [-0.1, -0.05) is 0 Å². The van der Waals surface area contributed by atoms with Gasteiger partial charge in [-0.15, -0.1) is 0 Å². The maximum absolute atomic E-state index is 5.87. The smallest absolute Gasteiger partial charge is 0.133 e. The van der Waals surface area contributed by atoms with Gasteiger partial charge in [0.2, 0.25) is 0 Å². The van der Waals surface area contributed by atoms with Gasteiger partial charge in [-0.25, -0.2) is 4.98 Å². The Morgan fingerprint density at radius 3 is 2.88 bits per heavy atom. The first-order chi connectivity index (χ1) is 11.9. The summed E-state index contributed by atoms with van der Waals surface area (Å²) in [6, 6.07) is 5.84. The van der Waals surface area contributed by atoms with Gasteiger partial charge in [0.15, 0.2) is 0 Å². The fraction of sp³-hybridized carbons (Fsp3) is 0.353. The molecule has 0 unspecified atom stereocenters. The number of aromatic amines is 1. The third-order valence-corrected chi connectivity index (χ3v) is 4.07. The third kappa shape index (κ3) is 2.67. The van der Waals surface area contributed by atoms with Gasteiger partial charge < -0.3 is 14.4 Å². The van der Waals surface area contributed by atoms with Crippen molar-refractivity contribution in [1.29, 1.82) is 0 Å². The van der Waals surface area contributed by atoms with Crippen LogP contribution in [-0.4, -0.2) is 53.1 Å². The highest BCUT2D eigenvalue weighted by Crippen LogP contribution is 2.33. The van der Waals surface area contributed by atoms with Gasteiger partial charge in [-0.3, -0.25) is 10.1 Å². The van der Waals surface area contributed by atoms with Crippen LogP contribution in [0.15, 0.2) is 30.6 Å². The van der Waals surface area contributed by atoms with E-state index >= 15 is 0 Å². The van der Waals surface area contributed by atoms with E-state index in [1.807, 2.05) is 25.1 Å². The van der Waals surface area contributed by atoms with Gasteiger partial charge in [0.25, 0.3) is 0 Å². The Labute approximate surface area is 139 Å². The maximum Gasteiger partial charge on any atom is 0.133 e. The van der Waals surface area contributed by atoms with Crippen LogP contribution in [-0.2, 0) is 4.74 Å². The molecule has 1 saturated heterocycles. The Kier molecular flexibility index (Phi) is 4.00. The Bertz CT molecular complexity index is 828. The molecule has 0 amide bonds. The van der Waals surface area contributed by atoms with E-state index in [9.17, 15) is 0 Å². The van der Waals surface area contributed by atoms with E-state index in [-0.39, 0.29) is 0 Å². The molecule has 0 aromatic carbocycles. The maximum atomic E-state index is 5.87. The SMILES string of the molecule is CCOc1cc(N2CCOCC2)nc2c(-c3ccn[nH]3)nccc12. The van der Waals surface area contributed by atoms with Gasteiger partial charge in [0.1, 0.15) is 22.8 Å². The zero-order valence-corrected chi connectivity index (χ0v) is 13.5. The number of morpholine rings is 1. The minimum atomic E-state index is 0.601. The Morgan fingerprint density at radius 1 is 1.25 bits per heavy atom. The number of nitrogens with zero attached hydrogens (tertiary/aromatic N) is 4. The standard InChI is InChI=1S/C17H19N5O2/c1-2-24-14-11-15(22-7-9-23-10-8-22)20-16-12(14)3-5-18-17(16)13-4-6-19-21-13/h3-6,11H,2,7-10H2,1H3,(H,19,21). The number of rotatable bonds is 4. The fourth-order valence-electron chi connectivity index (χ4n) is 2.92. The van der Waals surface area contributed by atoms with Crippen molar-refractivity contribution < 1.29 is 9.47 Å².